The van der Waals surface area contributed by atoms with E-state index in [4.69, 9.17) is 15.5 Å². The molecule has 0 saturated heterocycles. The third-order valence-corrected chi connectivity index (χ3v) is 8.11. The quantitative estimate of drug-likeness (QED) is 0.271. The molecule has 1 aliphatic carbocycles. The standard InChI is InChI=1S/C32H31N3O4S/c1-32(2,3)21-15-20(16-23-7-6-14-40-23)29-25(17-21)28(24-8-4-5-9-26(24)35-29)31(38)39-18-27(36)34-22-12-10-19(11-13-22)30(33)37/h4-14,16,21H,15,17-18H2,1-3H3,(H2,33,37)(H,34,36)/b20-16+/t21-/m0/s1. The van der Waals surface area contributed by atoms with E-state index in [0.717, 1.165) is 28.1 Å². The van der Waals surface area contributed by atoms with E-state index in [1.165, 1.54) is 12.1 Å². The zero-order valence-corrected chi connectivity index (χ0v) is 23.5. The SMILES string of the molecule is CC(C)(C)[C@H]1C/C(=C\c2cccs2)c2nc3ccccc3c(C(=O)OCC(=O)Nc3ccc(C(N)=O)cc3)c2C1. The van der Waals surface area contributed by atoms with Crippen molar-refractivity contribution in [1.29, 1.82) is 0 Å². The number of esters is 1. The Labute approximate surface area is 237 Å². The summed E-state index contributed by atoms with van der Waals surface area (Å²) >= 11 is 1.67. The van der Waals surface area contributed by atoms with Gasteiger partial charge in [-0.3, -0.25) is 9.59 Å². The maximum atomic E-state index is 13.7. The van der Waals surface area contributed by atoms with Crippen molar-refractivity contribution < 1.29 is 19.1 Å². The Morgan fingerprint density at radius 2 is 1.80 bits per heavy atom. The molecule has 0 fully saturated rings. The molecule has 1 aliphatic rings. The van der Waals surface area contributed by atoms with E-state index in [1.54, 1.807) is 23.5 Å². The summed E-state index contributed by atoms with van der Waals surface area (Å²) < 4.78 is 5.59. The van der Waals surface area contributed by atoms with Crippen LogP contribution in [0.2, 0.25) is 0 Å². The summed E-state index contributed by atoms with van der Waals surface area (Å²) in [6.07, 6.45) is 3.71. The maximum Gasteiger partial charge on any atom is 0.339 e. The van der Waals surface area contributed by atoms with Crippen molar-refractivity contribution in [2.24, 2.45) is 17.1 Å². The summed E-state index contributed by atoms with van der Waals surface area (Å²) in [6, 6.07) is 17.8. The molecule has 2 amide bonds. The molecule has 0 radical (unpaired) electrons. The number of carbonyl (C=O) groups excluding carboxylic acids is 3. The van der Waals surface area contributed by atoms with Crippen LogP contribution in [0.15, 0.2) is 66.0 Å². The van der Waals surface area contributed by atoms with E-state index in [0.29, 0.717) is 34.1 Å². The van der Waals surface area contributed by atoms with Crippen LogP contribution in [0.3, 0.4) is 0 Å². The van der Waals surface area contributed by atoms with Crippen molar-refractivity contribution in [2.75, 3.05) is 11.9 Å². The lowest BCUT2D eigenvalue weighted by molar-refractivity contribution is -0.119. The summed E-state index contributed by atoms with van der Waals surface area (Å²) in [5.41, 5.74) is 10.0. The van der Waals surface area contributed by atoms with E-state index < -0.39 is 24.4 Å². The Morgan fingerprint density at radius 3 is 2.48 bits per heavy atom. The van der Waals surface area contributed by atoms with Gasteiger partial charge in [0.15, 0.2) is 6.61 Å². The number of rotatable bonds is 6. The second kappa shape index (κ2) is 11.1. The highest BCUT2D eigenvalue weighted by atomic mass is 32.1. The lowest BCUT2D eigenvalue weighted by Gasteiger charge is -2.36. The van der Waals surface area contributed by atoms with Crippen LogP contribution in [0.4, 0.5) is 5.69 Å². The van der Waals surface area contributed by atoms with E-state index in [1.807, 2.05) is 35.7 Å². The minimum Gasteiger partial charge on any atom is -0.452 e. The number of carbonyl (C=O) groups is 3. The molecule has 3 N–H and O–H groups in total. The van der Waals surface area contributed by atoms with Crippen LogP contribution in [0, 0.1) is 11.3 Å². The number of fused-ring (bicyclic) bond motifs is 2. The van der Waals surface area contributed by atoms with Crippen LogP contribution in [0.1, 0.15) is 64.0 Å². The number of amides is 2. The Kier molecular flexibility index (Phi) is 7.54. The van der Waals surface area contributed by atoms with Gasteiger partial charge in [-0.2, -0.15) is 0 Å². The predicted molar refractivity (Wildman–Crippen MR) is 159 cm³/mol. The minimum absolute atomic E-state index is 0.00297. The van der Waals surface area contributed by atoms with Gasteiger partial charge in [-0.1, -0.05) is 45.0 Å². The highest BCUT2D eigenvalue weighted by Crippen LogP contribution is 2.45. The molecule has 2 heterocycles. The normalized spacial score (nSPS) is 16.0. The smallest absolute Gasteiger partial charge is 0.339 e. The molecule has 5 rings (SSSR count). The number of aromatic nitrogens is 1. The van der Waals surface area contributed by atoms with Crippen molar-refractivity contribution >= 4 is 57.4 Å². The number of hydrogen-bond acceptors (Lipinski definition) is 6. The van der Waals surface area contributed by atoms with Gasteiger partial charge in [0.05, 0.1) is 16.8 Å². The van der Waals surface area contributed by atoms with E-state index >= 15 is 0 Å². The van der Waals surface area contributed by atoms with Gasteiger partial charge in [0.1, 0.15) is 0 Å². The number of nitrogens with two attached hydrogens (primary N) is 1. The van der Waals surface area contributed by atoms with E-state index in [-0.39, 0.29) is 11.3 Å². The third-order valence-electron chi connectivity index (χ3n) is 7.29. The molecule has 2 aromatic heterocycles. The summed E-state index contributed by atoms with van der Waals surface area (Å²) in [6.45, 7) is 6.21. The van der Waals surface area contributed by atoms with E-state index in [2.05, 4.69) is 38.2 Å². The first-order valence-corrected chi connectivity index (χ1v) is 14.0. The molecule has 0 unspecified atom stereocenters. The summed E-state index contributed by atoms with van der Waals surface area (Å²) in [5.74, 6) is -1.31. The Morgan fingerprint density at radius 1 is 1.05 bits per heavy atom. The van der Waals surface area contributed by atoms with Gasteiger partial charge >= 0.3 is 5.97 Å². The van der Waals surface area contributed by atoms with Crippen molar-refractivity contribution in [3.63, 3.8) is 0 Å². The summed E-state index contributed by atoms with van der Waals surface area (Å²) in [5, 5.41) is 5.44. The number of para-hydroxylation sites is 1. The molecule has 0 saturated carbocycles. The fourth-order valence-electron chi connectivity index (χ4n) is 5.03. The summed E-state index contributed by atoms with van der Waals surface area (Å²) in [4.78, 5) is 43.8. The first kappa shape index (κ1) is 27.3. The lowest BCUT2D eigenvalue weighted by Crippen LogP contribution is -2.29. The topological polar surface area (TPSA) is 111 Å². The molecule has 2 aromatic carbocycles. The molecule has 7 nitrogen and oxygen atoms in total. The molecule has 204 valence electrons. The Bertz CT molecular complexity index is 1620. The monoisotopic (exact) mass is 553 g/mol. The van der Waals surface area contributed by atoms with Crippen molar-refractivity contribution in [3.05, 3.63) is 93.3 Å². The fraction of sp³-hybridized carbons (Fsp3) is 0.250. The van der Waals surface area contributed by atoms with Gasteiger partial charge in [-0.05, 0) is 83.2 Å². The zero-order chi connectivity index (χ0) is 28.4. The molecule has 0 bridgehead atoms. The van der Waals surface area contributed by atoms with E-state index in [9.17, 15) is 14.4 Å². The molecular weight excluding hydrogens is 522 g/mol. The average molecular weight is 554 g/mol. The number of nitrogens with one attached hydrogen (secondary N) is 1. The number of anilines is 1. The maximum absolute atomic E-state index is 13.7. The summed E-state index contributed by atoms with van der Waals surface area (Å²) in [7, 11) is 0. The van der Waals surface area contributed by atoms with Crippen LogP contribution in [0.25, 0.3) is 22.6 Å². The number of allylic oxidation sites excluding steroid dienone is 1. The third kappa shape index (κ3) is 5.82. The molecule has 0 spiro atoms. The predicted octanol–water partition coefficient (Wildman–Crippen LogP) is 6.34. The molecule has 8 heteroatoms. The van der Waals surface area contributed by atoms with Gasteiger partial charge < -0.3 is 15.8 Å². The number of thiophene rings is 1. The minimum atomic E-state index is -0.556. The molecule has 4 aromatic rings. The number of ether oxygens (including phenoxy) is 1. The second-order valence-electron chi connectivity index (χ2n) is 11.1. The lowest BCUT2D eigenvalue weighted by atomic mass is 9.69. The van der Waals surface area contributed by atoms with Gasteiger partial charge in [0.2, 0.25) is 5.91 Å². The number of primary amides is 1. The Hall–Kier alpha value is -4.30. The van der Waals surface area contributed by atoms with Crippen LogP contribution in [-0.2, 0) is 16.0 Å². The second-order valence-corrected chi connectivity index (χ2v) is 12.0. The van der Waals surface area contributed by atoms with Gasteiger partial charge in [-0.15, -0.1) is 11.3 Å². The Balaban J connectivity index is 1.48. The van der Waals surface area contributed by atoms with Gasteiger partial charge in [0, 0.05) is 21.5 Å². The first-order chi connectivity index (χ1) is 19.1. The van der Waals surface area contributed by atoms with Crippen molar-refractivity contribution in [3.8, 4) is 0 Å². The molecule has 1 atom stereocenters. The van der Waals surface area contributed by atoms with Crippen LogP contribution in [-0.4, -0.2) is 29.4 Å². The first-order valence-electron chi connectivity index (χ1n) is 13.1. The van der Waals surface area contributed by atoms with Crippen LogP contribution < -0.4 is 11.1 Å². The molecule has 0 aliphatic heterocycles. The number of benzene rings is 2. The molecule has 40 heavy (non-hydrogen) atoms. The number of nitrogens with zero attached hydrogens (tertiary/aromatic N) is 1. The van der Waals surface area contributed by atoms with Crippen molar-refractivity contribution in [1.82, 2.24) is 4.98 Å². The number of hydrogen-bond donors (Lipinski definition) is 2. The fourth-order valence-corrected chi connectivity index (χ4v) is 5.71. The van der Waals surface area contributed by atoms with Gasteiger partial charge in [-0.25, -0.2) is 9.78 Å². The molecular formula is C32H31N3O4S. The van der Waals surface area contributed by atoms with Crippen LogP contribution in [0.5, 0.6) is 0 Å². The van der Waals surface area contributed by atoms with Crippen molar-refractivity contribution in [2.45, 2.75) is 33.6 Å². The largest absolute Gasteiger partial charge is 0.452 e. The highest BCUT2D eigenvalue weighted by molar-refractivity contribution is 7.10. The number of pyridine rings is 1. The zero-order valence-electron chi connectivity index (χ0n) is 22.7. The van der Waals surface area contributed by atoms with Gasteiger partial charge in [0.25, 0.3) is 5.91 Å². The highest BCUT2D eigenvalue weighted by Gasteiger charge is 2.35. The van der Waals surface area contributed by atoms with Crippen LogP contribution >= 0.6 is 11.3 Å². The average Bonchev–Trinajstić information content (AvgIpc) is 3.43.